The molecule has 19 heavy (non-hydrogen) atoms. The van der Waals surface area contributed by atoms with Crippen LogP contribution in [0.1, 0.15) is 32.6 Å². The molecule has 0 atom stereocenters. The van der Waals surface area contributed by atoms with E-state index in [2.05, 4.69) is 6.92 Å². The second kappa shape index (κ2) is 11.9. The van der Waals surface area contributed by atoms with E-state index in [1.54, 1.807) is 0 Å². The molecule has 0 bridgehead atoms. The number of ether oxygens (including phenoxy) is 4. The van der Waals surface area contributed by atoms with Crippen LogP contribution < -0.4 is 0 Å². The van der Waals surface area contributed by atoms with E-state index in [-0.39, 0.29) is 0 Å². The molecule has 0 heterocycles. The fraction of sp³-hybridized carbons (Fsp3) is 1.00. The lowest BCUT2D eigenvalue weighted by molar-refractivity contribution is -0.0384. The van der Waals surface area contributed by atoms with Crippen LogP contribution in [0.3, 0.4) is 0 Å². The first-order chi connectivity index (χ1) is 9.33. The first kappa shape index (κ1) is 17.2. The summed E-state index contributed by atoms with van der Waals surface area (Å²) in [5, 5.41) is 0.318. The standard InChI is InChI=1S/C14H27ClO4/c1-2-3-4-16-5-6-17-7-8-18-9-10-19-14-11-13(15)12-14/h13-14H,2-12H2,1H3. The van der Waals surface area contributed by atoms with Crippen molar-refractivity contribution in [3.63, 3.8) is 0 Å². The Labute approximate surface area is 121 Å². The van der Waals surface area contributed by atoms with Crippen molar-refractivity contribution in [2.24, 2.45) is 0 Å². The molecule has 0 aromatic rings. The van der Waals surface area contributed by atoms with E-state index in [1.807, 2.05) is 0 Å². The maximum absolute atomic E-state index is 5.86. The summed E-state index contributed by atoms with van der Waals surface area (Å²) >= 11 is 5.86. The lowest BCUT2D eigenvalue weighted by Crippen LogP contribution is -2.32. The molecule has 0 aliphatic heterocycles. The molecule has 0 aromatic carbocycles. The zero-order valence-electron chi connectivity index (χ0n) is 11.9. The highest BCUT2D eigenvalue weighted by Crippen LogP contribution is 2.27. The largest absolute Gasteiger partial charge is 0.379 e. The average Bonchev–Trinajstić information content (AvgIpc) is 2.37. The van der Waals surface area contributed by atoms with Gasteiger partial charge in [-0.25, -0.2) is 0 Å². The molecule has 1 saturated carbocycles. The van der Waals surface area contributed by atoms with Gasteiger partial charge in [0, 0.05) is 12.0 Å². The highest BCUT2D eigenvalue weighted by Gasteiger charge is 2.27. The Morgan fingerprint density at radius 2 is 1.37 bits per heavy atom. The van der Waals surface area contributed by atoms with E-state index >= 15 is 0 Å². The molecule has 0 N–H and O–H groups in total. The molecule has 1 rings (SSSR count). The Balaban J connectivity index is 1.65. The van der Waals surface area contributed by atoms with Gasteiger partial charge in [0.2, 0.25) is 0 Å². The molecule has 1 aliphatic rings. The Hall–Kier alpha value is 0.130. The van der Waals surface area contributed by atoms with E-state index in [9.17, 15) is 0 Å². The van der Waals surface area contributed by atoms with Crippen LogP contribution in [0.15, 0.2) is 0 Å². The van der Waals surface area contributed by atoms with Crippen LogP contribution in [-0.2, 0) is 18.9 Å². The van der Waals surface area contributed by atoms with Gasteiger partial charge in [-0.15, -0.1) is 11.6 Å². The summed E-state index contributed by atoms with van der Waals surface area (Å²) in [7, 11) is 0. The number of halogens is 1. The van der Waals surface area contributed by atoms with Crippen LogP contribution in [0.25, 0.3) is 0 Å². The monoisotopic (exact) mass is 294 g/mol. The third kappa shape index (κ3) is 9.63. The van der Waals surface area contributed by atoms with Crippen LogP contribution in [0.2, 0.25) is 0 Å². The number of unbranched alkanes of at least 4 members (excludes halogenated alkanes) is 1. The van der Waals surface area contributed by atoms with Gasteiger partial charge in [-0.05, 0) is 19.3 Å². The van der Waals surface area contributed by atoms with E-state index in [0.29, 0.717) is 51.1 Å². The Kier molecular flexibility index (Phi) is 10.8. The predicted molar refractivity (Wildman–Crippen MR) is 76.0 cm³/mol. The van der Waals surface area contributed by atoms with Crippen molar-refractivity contribution in [2.75, 3.05) is 46.2 Å². The zero-order valence-corrected chi connectivity index (χ0v) is 12.7. The summed E-state index contributed by atoms with van der Waals surface area (Å²) in [6.45, 7) is 6.80. The van der Waals surface area contributed by atoms with Gasteiger partial charge in [-0.2, -0.15) is 0 Å². The van der Waals surface area contributed by atoms with Gasteiger partial charge in [-0.1, -0.05) is 13.3 Å². The Morgan fingerprint density at radius 3 is 1.89 bits per heavy atom. The van der Waals surface area contributed by atoms with Crippen molar-refractivity contribution in [3.05, 3.63) is 0 Å². The SMILES string of the molecule is CCCCOCCOCCOCCOC1CC(Cl)C1. The highest BCUT2D eigenvalue weighted by atomic mass is 35.5. The van der Waals surface area contributed by atoms with Crippen LogP contribution in [-0.4, -0.2) is 57.7 Å². The summed E-state index contributed by atoms with van der Waals surface area (Å²) in [6.07, 6.45) is 4.59. The molecule has 0 spiro atoms. The van der Waals surface area contributed by atoms with Gasteiger partial charge < -0.3 is 18.9 Å². The number of alkyl halides is 1. The predicted octanol–water partition coefficient (Wildman–Crippen LogP) is 2.62. The topological polar surface area (TPSA) is 36.9 Å². The molecule has 4 nitrogen and oxygen atoms in total. The van der Waals surface area contributed by atoms with Gasteiger partial charge in [0.15, 0.2) is 0 Å². The lowest BCUT2D eigenvalue weighted by atomic mass is 9.95. The van der Waals surface area contributed by atoms with Gasteiger partial charge in [-0.3, -0.25) is 0 Å². The summed E-state index contributed by atoms with van der Waals surface area (Å²) in [5.41, 5.74) is 0. The molecular formula is C14H27ClO4. The minimum atomic E-state index is 0.318. The molecule has 114 valence electrons. The zero-order chi connectivity index (χ0) is 13.8. The summed E-state index contributed by atoms with van der Waals surface area (Å²) in [6, 6.07) is 0. The Bertz CT molecular complexity index is 198. The van der Waals surface area contributed by atoms with Gasteiger partial charge in [0.25, 0.3) is 0 Å². The third-order valence-electron chi connectivity index (χ3n) is 3.00. The minimum absolute atomic E-state index is 0.318. The summed E-state index contributed by atoms with van der Waals surface area (Å²) in [5.74, 6) is 0. The maximum Gasteiger partial charge on any atom is 0.0704 e. The molecule has 0 saturated heterocycles. The van der Waals surface area contributed by atoms with Crippen LogP contribution in [0.5, 0.6) is 0 Å². The van der Waals surface area contributed by atoms with Gasteiger partial charge in [0.05, 0.1) is 45.7 Å². The first-order valence-corrected chi connectivity index (χ1v) is 7.75. The number of rotatable bonds is 13. The fourth-order valence-electron chi connectivity index (χ4n) is 1.70. The second-order valence-corrected chi connectivity index (χ2v) is 5.37. The summed E-state index contributed by atoms with van der Waals surface area (Å²) < 4.78 is 21.7. The molecule has 0 unspecified atom stereocenters. The molecule has 0 radical (unpaired) electrons. The van der Waals surface area contributed by atoms with Crippen molar-refractivity contribution < 1.29 is 18.9 Å². The van der Waals surface area contributed by atoms with Crippen LogP contribution >= 0.6 is 11.6 Å². The van der Waals surface area contributed by atoms with Gasteiger partial charge >= 0.3 is 0 Å². The van der Waals surface area contributed by atoms with Crippen molar-refractivity contribution in [2.45, 2.75) is 44.1 Å². The van der Waals surface area contributed by atoms with Crippen LogP contribution in [0, 0.1) is 0 Å². The van der Waals surface area contributed by atoms with Crippen LogP contribution in [0.4, 0.5) is 0 Å². The van der Waals surface area contributed by atoms with E-state index in [4.69, 9.17) is 30.5 Å². The van der Waals surface area contributed by atoms with Crippen molar-refractivity contribution in [1.82, 2.24) is 0 Å². The second-order valence-electron chi connectivity index (χ2n) is 4.75. The molecule has 1 aliphatic carbocycles. The number of hydrogen-bond donors (Lipinski definition) is 0. The average molecular weight is 295 g/mol. The Morgan fingerprint density at radius 1 is 0.842 bits per heavy atom. The van der Waals surface area contributed by atoms with E-state index < -0.39 is 0 Å². The smallest absolute Gasteiger partial charge is 0.0704 e. The maximum atomic E-state index is 5.86. The number of hydrogen-bond acceptors (Lipinski definition) is 4. The lowest BCUT2D eigenvalue weighted by Gasteiger charge is -2.30. The highest BCUT2D eigenvalue weighted by molar-refractivity contribution is 6.21. The molecule has 0 amide bonds. The quantitative estimate of drug-likeness (QED) is 0.386. The van der Waals surface area contributed by atoms with Crippen molar-refractivity contribution in [3.8, 4) is 0 Å². The molecule has 0 aromatic heterocycles. The molecule has 1 fully saturated rings. The molecule has 5 heteroatoms. The van der Waals surface area contributed by atoms with E-state index in [1.165, 1.54) is 6.42 Å². The van der Waals surface area contributed by atoms with Crippen molar-refractivity contribution in [1.29, 1.82) is 0 Å². The summed E-state index contributed by atoms with van der Waals surface area (Å²) in [4.78, 5) is 0. The first-order valence-electron chi connectivity index (χ1n) is 7.31. The third-order valence-corrected chi connectivity index (χ3v) is 3.36. The fourth-order valence-corrected chi connectivity index (χ4v) is 2.10. The van der Waals surface area contributed by atoms with Gasteiger partial charge in [0.1, 0.15) is 0 Å². The van der Waals surface area contributed by atoms with Crippen molar-refractivity contribution >= 4 is 11.6 Å². The minimum Gasteiger partial charge on any atom is -0.379 e. The van der Waals surface area contributed by atoms with E-state index in [0.717, 1.165) is 25.9 Å². The molecular weight excluding hydrogens is 268 g/mol. The normalized spacial score (nSPS) is 22.4.